The Morgan fingerprint density at radius 2 is 1.76 bits per heavy atom. The summed E-state index contributed by atoms with van der Waals surface area (Å²) in [4.78, 5) is 24.6. The average molecular weight is 527 g/mol. The summed E-state index contributed by atoms with van der Waals surface area (Å²) >= 11 is 0. The number of ether oxygens (including phenoxy) is 1. The molecule has 200 valence electrons. The van der Waals surface area contributed by atoms with Gasteiger partial charge in [0.05, 0.1) is 12.2 Å². The van der Waals surface area contributed by atoms with Gasteiger partial charge >= 0.3 is 6.18 Å². The predicted octanol–water partition coefficient (Wildman–Crippen LogP) is 3.91. The van der Waals surface area contributed by atoms with Gasteiger partial charge in [0.25, 0.3) is 11.9 Å². The van der Waals surface area contributed by atoms with E-state index in [0.717, 1.165) is 24.3 Å². The Morgan fingerprint density at radius 1 is 1.08 bits per heavy atom. The molecule has 37 heavy (non-hydrogen) atoms. The number of alkyl halides is 3. The molecule has 1 heterocycles. The Bertz CT molecular complexity index is 1160. The Hall–Kier alpha value is -3.90. The van der Waals surface area contributed by atoms with Crippen molar-refractivity contribution in [2.24, 2.45) is 15.7 Å². The minimum absolute atomic E-state index is 0.0266. The van der Waals surface area contributed by atoms with Crippen LogP contribution in [0.15, 0.2) is 52.4 Å². The van der Waals surface area contributed by atoms with Gasteiger partial charge in [-0.1, -0.05) is 6.07 Å². The Labute approximate surface area is 210 Å². The smallest absolute Gasteiger partial charge is 0.416 e. The zero-order chi connectivity index (χ0) is 27.2. The molecule has 3 N–H and O–H groups in total. The highest BCUT2D eigenvalue weighted by molar-refractivity contribution is 5.95. The summed E-state index contributed by atoms with van der Waals surface area (Å²) in [5, 5.41) is 2.89. The monoisotopic (exact) mass is 526 g/mol. The number of anilines is 1. The standard InChI is InChI=1S/C24H27F5N6O2/c1-3-37-22(30)33-23(32-15(2)31-18-6-4-5-17(14-18)24(27,28)29)35-11-9-34(10-12-35)21(36)16-7-8-19(25)20(26)13-16/h4-8,13-15,31H,3,9-12H2,1-2H3,(H2,30,32,33). The van der Waals surface area contributed by atoms with Crippen molar-refractivity contribution in [1.82, 2.24) is 9.80 Å². The summed E-state index contributed by atoms with van der Waals surface area (Å²) in [6.07, 6.45) is -5.18. The fourth-order valence-electron chi connectivity index (χ4n) is 3.61. The molecule has 1 aliphatic rings. The second-order valence-corrected chi connectivity index (χ2v) is 8.12. The maximum absolute atomic E-state index is 13.5. The second-order valence-electron chi connectivity index (χ2n) is 8.12. The highest BCUT2D eigenvalue weighted by Crippen LogP contribution is 2.30. The highest BCUT2D eigenvalue weighted by atomic mass is 19.4. The van der Waals surface area contributed by atoms with Gasteiger partial charge in [-0.25, -0.2) is 13.8 Å². The first kappa shape index (κ1) is 27.7. The van der Waals surface area contributed by atoms with Crippen molar-refractivity contribution in [3.63, 3.8) is 0 Å². The quantitative estimate of drug-likeness (QED) is 0.350. The van der Waals surface area contributed by atoms with Crippen LogP contribution < -0.4 is 11.1 Å². The molecule has 1 unspecified atom stereocenters. The van der Waals surface area contributed by atoms with Crippen LogP contribution in [0.25, 0.3) is 0 Å². The number of nitrogens with one attached hydrogen (secondary N) is 1. The van der Waals surface area contributed by atoms with Crippen LogP contribution in [0.5, 0.6) is 0 Å². The second kappa shape index (κ2) is 11.9. The number of benzene rings is 2. The number of carbonyl (C=O) groups is 1. The van der Waals surface area contributed by atoms with Crippen molar-refractivity contribution in [1.29, 1.82) is 0 Å². The maximum atomic E-state index is 13.5. The lowest BCUT2D eigenvalue weighted by molar-refractivity contribution is -0.137. The van der Waals surface area contributed by atoms with E-state index in [2.05, 4.69) is 15.3 Å². The van der Waals surface area contributed by atoms with Crippen molar-refractivity contribution < 1.29 is 31.5 Å². The molecule has 1 atom stereocenters. The van der Waals surface area contributed by atoms with Crippen molar-refractivity contribution in [3.8, 4) is 0 Å². The van der Waals surface area contributed by atoms with E-state index in [-0.39, 0.29) is 56.0 Å². The van der Waals surface area contributed by atoms with Gasteiger partial charge in [0.1, 0.15) is 6.17 Å². The number of rotatable bonds is 5. The van der Waals surface area contributed by atoms with Gasteiger partial charge in [-0.3, -0.25) is 4.79 Å². The highest BCUT2D eigenvalue weighted by Gasteiger charge is 2.30. The Balaban J connectivity index is 1.74. The number of hydrogen-bond donors (Lipinski definition) is 2. The largest absolute Gasteiger partial charge is 0.465 e. The van der Waals surface area contributed by atoms with Gasteiger partial charge < -0.3 is 25.6 Å². The van der Waals surface area contributed by atoms with E-state index in [4.69, 9.17) is 10.5 Å². The van der Waals surface area contributed by atoms with Gasteiger partial charge in [0, 0.05) is 37.4 Å². The lowest BCUT2D eigenvalue weighted by atomic mass is 10.1. The summed E-state index contributed by atoms with van der Waals surface area (Å²) in [6.45, 7) is 4.65. The first-order chi connectivity index (χ1) is 17.5. The number of nitrogens with two attached hydrogens (primary N) is 1. The first-order valence-electron chi connectivity index (χ1n) is 11.5. The zero-order valence-corrected chi connectivity index (χ0v) is 20.2. The summed E-state index contributed by atoms with van der Waals surface area (Å²) < 4.78 is 71.1. The van der Waals surface area contributed by atoms with Crippen molar-refractivity contribution in [2.45, 2.75) is 26.2 Å². The van der Waals surface area contributed by atoms with Gasteiger partial charge in [0.2, 0.25) is 5.96 Å². The van der Waals surface area contributed by atoms with Crippen LogP contribution in [0, 0.1) is 11.6 Å². The first-order valence-corrected chi connectivity index (χ1v) is 11.5. The molecule has 8 nitrogen and oxygen atoms in total. The number of amidine groups is 1. The number of halogens is 5. The number of nitrogens with zero attached hydrogens (tertiary/aromatic N) is 4. The van der Waals surface area contributed by atoms with Crippen LogP contribution in [0.3, 0.4) is 0 Å². The van der Waals surface area contributed by atoms with Crippen LogP contribution in [-0.2, 0) is 10.9 Å². The van der Waals surface area contributed by atoms with Crippen LogP contribution in [0.4, 0.5) is 27.6 Å². The molecular formula is C24H27F5N6O2. The predicted molar refractivity (Wildman–Crippen MR) is 129 cm³/mol. The lowest BCUT2D eigenvalue weighted by Crippen LogP contribution is -2.51. The molecule has 1 amide bonds. The fraction of sp³-hybridized carbons (Fsp3) is 0.375. The molecule has 13 heteroatoms. The molecule has 1 fully saturated rings. The topological polar surface area (TPSA) is 95.5 Å². The number of guanidine groups is 1. The third kappa shape index (κ3) is 7.54. The van der Waals surface area contributed by atoms with E-state index < -0.39 is 35.4 Å². The van der Waals surface area contributed by atoms with E-state index in [1.165, 1.54) is 23.1 Å². The molecule has 0 spiro atoms. The summed E-state index contributed by atoms with van der Waals surface area (Å²) in [6, 6.07) is 7.55. The van der Waals surface area contributed by atoms with Gasteiger partial charge in [-0.15, -0.1) is 0 Å². The summed E-state index contributed by atoms with van der Waals surface area (Å²) in [5.41, 5.74) is 5.26. The molecule has 1 saturated heterocycles. The number of hydrogen-bond acceptors (Lipinski definition) is 4. The van der Waals surface area contributed by atoms with Crippen molar-refractivity contribution in [2.75, 3.05) is 38.1 Å². The van der Waals surface area contributed by atoms with E-state index in [0.29, 0.717) is 0 Å². The van der Waals surface area contributed by atoms with E-state index in [9.17, 15) is 26.7 Å². The van der Waals surface area contributed by atoms with Gasteiger partial charge in [-0.2, -0.15) is 18.2 Å². The average Bonchev–Trinajstić information content (AvgIpc) is 2.85. The minimum atomic E-state index is -4.48. The minimum Gasteiger partial charge on any atom is -0.465 e. The molecule has 0 bridgehead atoms. The SMILES string of the molecule is CCOC(N)=NC(=NC(C)Nc1cccc(C(F)(F)F)c1)N1CCN(C(=O)c2ccc(F)c(F)c2)CC1. The van der Waals surface area contributed by atoms with Crippen molar-refractivity contribution >= 4 is 23.6 Å². The maximum Gasteiger partial charge on any atom is 0.416 e. The number of piperazine rings is 1. The number of aliphatic imine (C=N–C) groups is 2. The summed E-state index contributed by atoms with van der Waals surface area (Å²) in [7, 11) is 0. The molecule has 0 radical (unpaired) electrons. The molecule has 3 rings (SSSR count). The van der Waals surface area contributed by atoms with Crippen molar-refractivity contribution in [3.05, 3.63) is 65.2 Å². The molecule has 1 aliphatic heterocycles. The molecule has 2 aromatic carbocycles. The molecular weight excluding hydrogens is 499 g/mol. The van der Waals surface area contributed by atoms with Gasteiger partial charge in [-0.05, 0) is 50.2 Å². The zero-order valence-electron chi connectivity index (χ0n) is 20.2. The Kier molecular flexibility index (Phi) is 8.90. The summed E-state index contributed by atoms with van der Waals surface area (Å²) in [5.74, 6) is -2.44. The van der Waals surface area contributed by atoms with E-state index in [1.54, 1.807) is 18.7 Å². The number of carbonyl (C=O) groups excluding carboxylic acids is 1. The molecule has 0 aromatic heterocycles. The van der Waals surface area contributed by atoms with Crippen LogP contribution in [-0.4, -0.2) is 66.6 Å². The fourth-order valence-corrected chi connectivity index (χ4v) is 3.61. The normalized spacial score (nSPS) is 16.0. The van der Waals surface area contributed by atoms with Gasteiger partial charge in [0.15, 0.2) is 11.6 Å². The third-order valence-electron chi connectivity index (χ3n) is 5.39. The molecule has 0 saturated carbocycles. The third-order valence-corrected chi connectivity index (χ3v) is 5.39. The molecule has 2 aromatic rings. The number of amides is 1. The van der Waals surface area contributed by atoms with E-state index >= 15 is 0 Å². The van der Waals surface area contributed by atoms with E-state index in [1.807, 2.05) is 0 Å². The lowest BCUT2D eigenvalue weighted by Gasteiger charge is -2.35. The van der Waals surface area contributed by atoms with Crippen LogP contribution >= 0.6 is 0 Å². The Morgan fingerprint density at radius 3 is 2.38 bits per heavy atom. The molecule has 0 aliphatic carbocycles. The van der Waals surface area contributed by atoms with Crippen LogP contribution in [0.2, 0.25) is 0 Å². The van der Waals surface area contributed by atoms with Crippen LogP contribution in [0.1, 0.15) is 29.8 Å².